The second-order valence-electron chi connectivity index (χ2n) is 5.17. The number of unbranched alkanes of at least 4 members (excludes halogenated alkanes) is 3. The molecule has 2 N–H and O–H groups in total. The fourth-order valence-corrected chi connectivity index (χ4v) is 2.36. The van der Waals surface area contributed by atoms with Gasteiger partial charge in [-0.2, -0.15) is 0 Å². The van der Waals surface area contributed by atoms with Crippen molar-refractivity contribution >= 4 is 23.2 Å². The number of hydrogen-bond acceptors (Lipinski definition) is 2. The number of rotatable bonds is 8. The van der Waals surface area contributed by atoms with Gasteiger partial charge in [0.25, 0.3) is 5.91 Å². The maximum atomic E-state index is 11.7. The third kappa shape index (κ3) is 5.41. The number of carbonyl (C=O) groups excluding carboxylic acids is 1. The van der Waals surface area contributed by atoms with Crippen LogP contribution < -0.4 is 10.6 Å². The molecule has 20 heavy (non-hydrogen) atoms. The van der Waals surface area contributed by atoms with E-state index in [0.29, 0.717) is 16.6 Å². The monoisotopic (exact) mass is 296 g/mol. The Hall–Kier alpha value is -1.22. The third-order valence-electron chi connectivity index (χ3n) is 3.34. The summed E-state index contributed by atoms with van der Waals surface area (Å²) in [5, 5.41) is 6.50. The van der Waals surface area contributed by atoms with E-state index in [9.17, 15) is 4.79 Å². The topological polar surface area (TPSA) is 41.1 Å². The minimum absolute atomic E-state index is 0.158. The van der Waals surface area contributed by atoms with Gasteiger partial charge >= 0.3 is 0 Å². The molecule has 0 spiro atoms. The lowest BCUT2D eigenvalue weighted by atomic mass is 10.1. The summed E-state index contributed by atoms with van der Waals surface area (Å²) in [6.07, 6.45) is 6.21. The van der Waals surface area contributed by atoms with E-state index < -0.39 is 0 Å². The van der Waals surface area contributed by atoms with Crippen LogP contribution in [0.1, 0.15) is 56.3 Å². The van der Waals surface area contributed by atoms with Crippen molar-refractivity contribution in [3.8, 4) is 0 Å². The molecule has 1 unspecified atom stereocenters. The molecule has 0 heterocycles. The van der Waals surface area contributed by atoms with Crippen LogP contribution in [0.5, 0.6) is 0 Å². The first-order valence-electron chi connectivity index (χ1n) is 7.36. The fourth-order valence-electron chi connectivity index (χ4n) is 2.16. The number of carbonyl (C=O) groups is 1. The van der Waals surface area contributed by atoms with Gasteiger partial charge in [0.05, 0.1) is 10.6 Å². The van der Waals surface area contributed by atoms with Gasteiger partial charge in [-0.3, -0.25) is 4.79 Å². The Morgan fingerprint density at radius 1 is 1.30 bits per heavy atom. The number of benzene rings is 1. The van der Waals surface area contributed by atoms with E-state index in [4.69, 9.17) is 11.6 Å². The molecule has 0 saturated carbocycles. The Kier molecular flexibility index (Phi) is 7.45. The predicted molar refractivity (Wildman–Crippen MR) is 86.7 cm³/mol. The standard InChI is InChI=1S/C16H25ClN2O/c1-4-5-6-7-8-12(2)19-13-9-10-15(17)14(11-13)16(20)18-3/h9-12,19H,4-8H2,1-3H3,(H,18,20). The second-order valence-corrected chi connectivity index (χ2v) is 5.58. The molecule has 0 aliphatic heterocycles. The van der Waals surface area contributed by atoms with Gasteiger partial charge in [0.2, 0.25) is 0 Å². The van der Waals surface area contributed by atoms with Gasteiger partial charge in [0, 0.05) is 18.8 Å². The highest BCUT2D eigenvalue weighted by molar-refractivity contribution is 6.34. The first-order valence-corrected chi connectivity index (χ1v) is 7.74. The average Bonchev–Trinajstić information content (AvgIpc) is 2.45. The Labute approximate surface area is 127 Å². The zero-order chi connectivity index (χ0) is 15.0. The highest BCUT2D eigenvalue weighted by atomic mass is 35.5. The Morgan fingerprint density at radius 3 is 2.70 bits per heavy atom. The summed E-state index contributed by atoms with van der Waals surface area (Å²) >= 11 is 6.04. The number of amides is 1. The number of nitrogens with one attached hydrogen (secondary N) is 2. The van der Waals surface area contributed by atoms with Crippen molar-refractivity contribution in [2.75, 3.05) is 12.4 Å². The summed E-state index contributed by atoms with van der Waals surface area (Å²) in [6.45, 7) is 4.38. The third-order valence-corrected chi connectivity index (χ3v) is 3.67. The molecule has 1 rings (SSSR count). The molecule has 0 aromatic heterocycles. The molecular weight excluding hydrogens is 272 g/mol. The summed E-state index contributed by atoms with van der Waals surface area (Å²) in [6, 6.07) is 5.88. The van der Waals surface area contributed by atoms with Gasteiger partial charge in [-0.15, -0.1) is 0 Å². The second kappa shape index (κ2) is 8.85. The number of anilines is 1. The molecule has 112 valence electrons. The number of halogens is 1. The van der Waals surface area contributed by atoms with Crippen molar-refractivity contribution in [2.45, 2.75) is 52.0 Å². The molecule has 1 atom stereocenters. The molecule has 4 heteroatoms. The van der Waals surface area contributed by atoms with Crippen LogP contribution in [0.4, 0.5) is 5.69 Å². The van der Waals surface area contributed by atoms with Crippen LogP contribution >= 0.6 is 11.6 Å². The van der Waals surface area contributed by atoms with E-state index in [2.05, 4.69) is 24.5 Å². The van der Waals surface area contributed by atoms with Crippen LogP contribution in [-0.2, 0) is 0 Å². The average molecular weight is 297 g/mol. The minimum atomic E-state index is -0.158. The van der Waals surface area contributed by atoms with Gasteiger partial charge in [0.15, 0.2) is 0 Å². The van der Waals surface area contributed by atoms with Crippen molar-refractivity contribution in [1.29, 1.82) is 0 Å². The fraction of sp³-hybridized carbons (Fsp3) is 0.562. The normalized spacial score (nSPS) is 12.0. The molecule has 0 saturated heterocycles. The van der Waals surface area contributed by atoms with Gasteiger partial charge in [-0.05, 0) is 31.5 Å². The smallest absolute Gasteiger partial charge is 0.252 e. The summed E-state index contributed by atoms with van der Waals surface area (Å²) in [5.41, 5.74) is 1.45. The van der Waals surface area contributed by atoms with Crippen LogP contribution in [0.2, 0.25) is 5.02 Å². The molecule has 1 amide bonds. The highest BCUT2D eigenvalue weighted by Gasteiger charge is 2.10. The quantitative estimate of drug-likeness (QED) is 0.695. The largest absolute Gasteiger partial charge is 0.383 e. The van der Waals surface area contributed by atoms with E-state index >= 15 is 0 Å². The summed E-state index contributed by atoms with van der Waals surface area (Å²) in [5.74, 6) is -0.158. The molecule has 0 bridgehead atoms. The van der Waals surface area contributed by atoms with E-state index in [1.807, 2.05) is 12.1 Å². The molecule has 1 aromatic carbocycles. The van der Waals surface area contributed by atoms with Crippen LogP contribution in [0.3, 0.4) is 0 Å². The molecule has 3 nitrogen and oxygen atoms in total. The maximum Gasteiger partial charge on any atom is 0.252 e. The van der Waals surface area contributed by atoms with Gasteiger partial charge in [0.1, 0.15) is 0 Å². The first-order chi connectivity index (χ1) is 9.58. The SMILES string of the molecule is CCCCCCC(C)Nc1ccc(Cl)c(C(=O)NC)c1. The van der Waals surface area contributed by atoms with E-state index in [1.165, 1.54) is 25.7 Å². The summed E-state index contributed by atoms with van der Waals surface area (Å²) in [7, 11) is 1.61. The van der Waals surface area contributed by atoms with Crippen LogP contribution in [0, 0.1) is 0 Å². The first kappa shape index (κ1) is 16.8. The molecule has 1 aromatic rings. The maximum absolute atomic E-state index is 11.7. The Morgan fingerprint density at radius 2 is 2.05 bits per heavy atom. The van der Waals surface area contributed by atoms with Crippen molar-refractivity contribution in [3.05, 3.63) is 28.8 Å². The van der Waals surface area contributed by atoms with Gasteiger partial charge < -0.3 is 10.6 Å². The molecular formula is C16H25ClN2O. The highest BCUT2D eigenvalue weighted by Crippen LogP contribution is 2.21. The Balaban J connectivity index is 2.57. The Bertz CT molecular complexity index is 434. The van der Waals surface area contributed by atoms with E-state index in [-0.39, 0.29) is 5.91 Å². The van der Waals surface area contributed by atoms with Crippen LogP contribution in [0.15, 0.2) is 18.2 Å². The van der Waals surface area contributed by atoms with E-state index in [1.54, 1.807) is 13.1 Å². The number of hydrogen-bond donors (Lipinski definition) is 2. The lowest BCUT2D eigenvalue weighted by Crippen LogP contribution is -2.19. The summed E-state index contributed by atoms with van der Waals surface area (Å²) < 4.78 is 0. The van der Waals surface area contributed by atoms with Gasteiger partial charge in [-0.25, -0.2) is 0 Å². The summed E-state index contributed by atoms with van der Waals surface area (Å²) in [4.78, 5) is 11.7. The minimum Gasteiger partial charge on any atom is -0.383 e. The van der Waals surface area contributed by atoms with Crippen molar-refractivity contribution in [3.63, 3.8) is 0 Å². The lowest BCUT2D eigenvalue weighted by molar-refractivity contribution is 0.0963. The molecule has 0 fully saturated rings. The van der Waals surface area contributed by atoms with Gasteiger partial charge in [-0.1, -0.05) is 44.2 Å². The molecule has 0 aliphatic carbocycles. The van der Waals surface area contributed by atoms with Crippen molar-refractivity contribution in [2.24, 2.45) is 0 Å². The van der Waals surface area contributed by atoms with Crippen molar-refractivity contribution < 1.29 is 4.79 Å². The lowest BCUT2D eigenvalue weighted by Gasteiger charge is -2.16. The van der Waals surface area contributed by atoms with Crippen LogP contribution in [0.25, 0.3) is 0 Å². The predicted octanol–water partition coefficient (Wildman–Crippen LogP) is 4.47. The van der Waals surface area contributed by atoms with Crippen molar-refractivity contribution in [1.82, 2.24) is 5.32 Å². The van der Waals surface area contributed by atoms with Crippen LogP contribution in [-0.4, -0.2) is 19.0 Å². The molecule has 0 aliphatic rings. The zero-order valence-electron chi connectivity index (χ0n) is 12.6. The van der Waals surface area contributed by atoms with E-state index in [0.717, 1.165) is 12.1 Å². The molecule has 0 radical (unpaired) electrons. The zero-order valence-corrected chi connectivity index (χ0v) is 13.4.